The number of hydrogen-bond acceptors (Lipinski definition) is 4. The number of benzene rings is 1. The molecule has 168 valence electrons. The molecule has 1 aliphatic carbocycles. The lowest BCUT2D eigenvalue weighted by molar-refractivity contribution is -0.141. The molecule has 1 saturated heterocycles. The van der Waals surface area contributed by atoms with Crippen molar-refractivity contribution < 1.29 is 18.0 Å². The summed E-state index contributed by atoms with van der Waals surface area (Å²) in [6.07, 6.45) is 1.19. The topological polar surface area (TPSA) is 79.7 Å². The van der Waals surface area contributed by atoms with Crippen LogP contribution in [0.4, 0.5) is 18.9 Å². The number of aryl methyl sites for hydroxylation is 1. The minimum absolute atomic E-state index is 0.0919. The number of carbonyl (C=O) groups excluding carboxylic acids is 1. The van der Waals surface area contributed by atoms with Crippen LogP contribution in [0.5, 0.6) is 0 Å². The van der Waals surface area contributed by atoms with Crippen LogP contribution in [0.25, 0.3) is 16.9 Å². The van der Waals surface area contributed by atoms with E-state index in [-0.39, 0.29) is 17.9 Å². The van der Waals surface area contributed by atoms with Crippen LogP contribution in [-0.4, -0.2) is 30.4 Å². The van der Waals surface area contributed by atoms with Gasteiger partial charge in [-0.2, -0.15) is 13.2 Å². The van der Waals surface area contributed by atoms with E-state index in [1.807, 2.05) is 31.2 Å². The number of H-pyrrole nitrogens is 1. The molecule has 0 spiro atoms. The third kappa shape index (κ3) is 3.20. The number of rotatable bonds is 4. The molecule has 1 amide bonds. The van der Waals surface area contributed by atoms with E-state index >= 15 is 0 Å². The van der Waals surface area contributed by atoms with Gasteiger partial charge in [0.15, 0.2) is 5.69 Å². The Morgan fingerprint density at radius 1 is 1.12 bits per heavy atom. The molecule has 4 aromatic rings. The van der Waals surface area contributed by atoms with Crippen molar-refractivity contribution >= 4 is 22.6 Å². The molecule has 6 rings (SSSR count). The van der Waals surface area contributed by atoms with Crippen molar-refractivity contribution in [3.05, 3.63) is 66.1 Å². The summed E-state index contributed by atoms with van der Waals surface area (Å²) in [5, 5.41) is 0. The van der Waals surface area contributed by atoms with Crippen LogP contribution in [0.15, 0.2) is 49.2 Å². The molecule has 1 aliphatic heterocycles. The van der Waals surface area contributed by atoms with Gasteiger partial charge in [0, 0.05) is 17.6 Å². The van der Waals surface area contributed by atoms with Gasteiger partial charge in [-0.3, -0.25) is 9.36 Å². The number of imidazole rings is 2. The maximum Gasteiger partial charge on any atom is 0.434 e. The zero-order valence-electron chi connectivity index (χ0n) is 17.5. The number of amides is 1. The summed E-state index contributed by atoms with van der Waals surface area (Å²) >= 11 is 0. The van der Waals surface area contributed by atoms with Crippen molar-refractivity contribution in [2.24, 2.45) is 11.8 Å². The lowest BCUT2D eigenvalue weighted by Gasteiger charge is -2.48. The first kappa shape index (κ1) is 20.0. The summed E-state index contributed by atoms with van der Waals surface area (Å²) in [7, 11) is 0. The van der Waals surface area contributed by atoms with Crippen LogP contribution in [-0.2, 0) is 11.0 Å². The van der Waals surface area contributed by atoms with Crippen molar-refractivity contribution in [2.75, 3.05) is 4.90 Å². The highest BCUT2D eigenvalue weighted by molar-refractivity contribution is 6.04. The van der Waals surface area contributed by atoms with Crippen molar-refractivity contribution in [1.29, 1.82) is 0 Å². The van der Waals surface area contributed by atoms with Crippen LogP contribution >= 0.6 is 0 Å². The first-order chi connectivity index (χ1) is 15.8. The minimum Gasteiger partial charge on any atom is -0.345 e. The van der Waals surface area contributed by atoms with Gasteiger partial charge in [0.25, 0.3) is 0 Å². The highest BCUT2D eigenvalue weighted by Crippen LogP contribution is 2.54. The molecule has 3 aromatic heterocycles. The fourth-order valence-corrected chi connectivity index (χ4v) is 4.73. The van der Waals surface area contributed by atoms with E-state index < -0.39 is 11.9 Å². The van der Waals surface area contributed by atoms with Crippen molar-refractivity contribution in [3.8, 4) is 5.82 Å². The zero-order chi connectivity index (χ0) is 22.9. The molecule has 7 nitrogen and oxygen atoms in total. The molecule has 1 saturated carbocycles. The zero-order valence-corrected chi connectivity index (χ0v) is 17.5. The van der Waals surface area contributed by atoms with Gasteiger partial charge in [-0.05, 0) is 55.5 Å². The van der Waals surface area contributed by atoms with E-state index in [0.717, 1.165) is 47.7 Å². The Bertz CT molecular complexity index is 1390. The van der Waals surface area contributed by atoms with Gasteiger partial charge in [-0.15, -0.1) is 0 Å². The minimum atomic E-state index is -4.51. The maximum atomic E-state index is 13.2. The number of pyridine rings is 1. The number of fused-ring (bicyclic) bond motifs is 1. The molecular formula is C23H19F3N6O. The van der Waals surface area contributed by atoms with Gasteiger partial charge in [0.2, 0.25) is 5.91 Å². The predicted molar refractivity (Wildman–Crippen MR) is 114 cm³/mol. The van der Waals surface area contributed by atoms with E-state index in [4.69, 9.17) is 0 Å². The van der Waals surface area contributed by atoms with Crippen LogP contribution in [0.1, 0.15) is 35.8 Å². The van der Waals surface area contributed by atoms with Crippen LogP contribution < -0.4 is 4.90 Å². The van der Waals surface area contributed by atoms with Gasteiger partial charge in [-0.25, -0.2) is 15.0 Å². The normalized spacial score (nSPS) is 21.0. The maximum absolute atomic E-state index is 13.2. The standard InChI is InChI=1S/C23H19F3N6O/c1-12-15(5-7-19(30-12)31-9-18(29-11-31)23(24,25)26)21-20(13-2-3-13)22(33)32(21)14-4-6-16-17(8-14)28-10-27-16/h4-11,13,20-21H,2-3H2,1H3,(H,27,28)/t20?,21-/m0/s1. The van der Waals surface area contributed by atoms with Crippen LogP contribution in [0.3, 0.4) is 0 Å². The molecule has 0 bridgehead atoms. The number of alkyl halides is 3. The summed E-state index contributed by atoms with van der Waals surface area (Å²) in [6.45, 7) is 1.82. The largest absolute Gasteiger partial charge is 0.434 e. The Balaban J connectivity index is 1.37. The Labute approximate surface area is 186 Å². The van der Waals surface area contributed by atoms with E-state index in [0.29, 0.717) is 17.4 Å². The van der Waals surface area contributed by atoms with Crippen molar-refractivity contribution in [1.82, 2.24) is 24.5 Å². The van der Waals surface area contributed by atoms with E-state index in [9.17, 15) is 18.0 Å². The number of halogens is 3. The quantitative estimate of drug-likeness (QED) is 0.460. The Morgan fingerprint density at radius 2 is 1.94 bits per heavy atom. The van der Waals surface area contributed by atoms with Gasteiger partial charge >= 0.3 is 6.18 Å². The second-order valence-electron chi connectivity index (χ2n) is 8.63. The number of anilines is 1. The van der Waals surface area contributed by atoms with Crippen molar-refractivity contribution in [2.45, 2.75) is 32.0 Å². The summed E-state index contributed by atoms with van der Waals surface area (Å²) < 4.78 is 40.0. The summed E-state index contributed by atoms with van der Waals surface area (Å²) in [4.78, 5) is 30.3. The van der Waals surface area contributed by atoms with E-state index in [1.54, 1.807) is 17.3 Å². The molecule has 1 unspecified atom stereocenters. The highest BCUT2D eigenvalue weighted by atomic mass is 19.4. The molecule has 10 heteroatoms. The van der Waals surface area contributed by atoms with Crippen LogP contribution in [0.2, 0.25) is 0 Å². The molecule has 2 fully saturated rings. The van der Waals surface area contributed by atoms with Gasteiger partial charge in [0.05, 0.1) is 29.3 Å². The molecule has 2 atom stereocenters. The van der Waals surface area contributed by atoms with Gasteiger partial charge in [-0.1, -0.05) is 6.07 Å². The van der Waals surface area contributed by atoms with E-state index in [1.165, 1.54) is 4.57 Å². The molecule has 0 radical (unpaired) electrons. The van der Waals surface area contributed by atoms with Crippen molar-refractivity contribution in [3.63, 3.8) is 0 Å². The Hall–Kier alpha value is -3.69. The number of β-lactam (4-membered cyclic amide) rings is 1. The fraction of sp³-hybridized carbons (Fsp3) is 0.304. The highest BCUT2D eigenvalue weighted by Gasteiger charge is 2.55. The number of carbonyl (C=O) groups is 1. The molecule has 1 N–H and O–H groups in total. The third-order valence-electron chi connectivity index (χ3n) is 6.52. The smallest absolute Gasteiger partial charge is 0.345 e. The lowest BCUT2D eigenvalue weighted by Crippen LogP contribution is -2.56. The SMILES string of the molecule is Cc1nc(-n2cnc(C(F)(F)F)c2)ccc1[C@H]1C(C2CC2)C(=O)N1c1ccc2nc[nH]c2c1. The number of nitrogens with one attached hydrogen (secondary N) is 1. The Kier molecular flexibility index (Phi) is 4.17. The second kappa shape index (κ2) is 6.90. The summed E-state index contributed by atoms with van der Waals surface area (Å²) in [5.74, 6) is 0.683. The number of aromatic nitrogens is 5. The predicted octanol–water partition coefficient (Wildman–Crippen LogP) is 4.58. The molecular weight excluding hydrogens is 433 g/mol. The third-order valence-corrected chi connectivity index (χ3v) is 6.52. The van der Waals surface area contributed by atoms with Gasteiger partial charge < -0.3 is 9.88 Å². The Morgan fingerprint density at radius 3 is 2.64 bits per heavy atom. The number of aromatic amines is 1. The molecule has 4 heterocycles. The average Bonchev–Trinajstić information content (AvgIpc) is 3.25. The summed E-state index contributed by atoms with van der Waals surface area (Å²) in [5.41, 5.74) is 3.06. The van der Waals surface area contributed by atoms with Gasteiger partial charge in [0.1, 0.15) is 12.1 Å². The molecule has 2 aliphatic rings. The number of nitrogens with zero attached hydrogens (tertiary/aromatic N) is 5. The second-order valence-corrected chi connectivity index (χ2v) is 8.63. The first-order valence-electron chi connectivity index (χ1n) is 10.7. The lowest BCUT2D eigenvalue weighted by atomic mass is 9.78. The molecule has 1 aromatic carbocycles. The average molecular weight is 452 g/mol. The first-order valence-corrected chi connectivity index (χ1v) is 10.7. The number of hydrogen-bond donors (Lipinski definition) is 1. The molecule has 33 heavy (non-hydrogen) atoms. The summed E-state index contributed by atoms with van der Waals surface area (Å²) in [6, 6.07) is 9.05. The van der Waals surface area contributed by atoms with Crippen LogP contribution in [0, 0.1) is 18.8 Å². The fourth-order valence-electron chi connectivity index (χ4n) is 4.73. The monoisotopic (exact) mass is 452 g/mol. The van der Waals surface area contributed by atoms with E-state index in [2.05, 4.69) is 19.9 Å².